The molecule has 17 heavy (non-hydrogen) atoms. The topological polar surface area (TPSA) is 73.1 Å². The van der Waals surface area contributed by atoms with Gasteiger partial charge in [0.1, 0.15) is 6.07 Å². The Morgan fingerprint density at radius 3 is 2.82 bits per heavy atom. The molecule has 0 bridgehead atoms. The molecule has 0 saturated heterocycles. The number of nitriles is 1. The molecule has 0 aliphatic heterocycles. The fraction of sp³-hybridized carbons (Fsp3) is 0.333. The molecule has 2 atom stereocenters. The number of halogens is 1. The molecule has 2 unspecified atom stereocenters. The van der Waals surface area contributed by atoms with Crippen molar-refractivity contribution in [1.29, 1.82) is 5.26 Å². The van der Waals surface area contributed by atoms with Crippen LogP contribution < -0.4 is 5.32 Å². The predicted octanol–water partition coefficient (Wildman–Crippen LogP) is 2.60. The molecule has 1 fully saturated rings. The number of anilines is 1. The smallest absolute Gasteiger partial charge is 0.308 e. The average molecular weight is 295 g/mol. The van der Waals surface area contributed by atoms with E-state index < -0.39 is 5.97 Å². The van der Waals surface area contributed by atoms with Crippen molar-refractivity contribution in [3.05, 3.63) is 28.2 Å². The van der Waals surface area contributed by atoms with Gasteiger partial charge >= 0.3 is 5.97 Å². The largest absolute Gasteiger partial charge is 0.481 e. The molecule has 88 valence electrons. The quantitative estimate of drug-likeness (QED) is 0.899. The first-order chi connectivity index (χ1) is 8.11. The Morgan fingerprint density at radius 2 is 2.29 bits per heavy atom. The third-order valence-electron chi connectivity index (χ3n) is 3.03. The van der Waals surface area contributed by atoms with Crippen LogP contribution in [0.25, 0.3) is 0 Å². The minimum Gasteiger partial charge on any atom is -0.481 e. The van der Waals surface area contributed by atoms with Crippen LogP contribution in [0.3, 0.4) is 0 Å². The number of carboxylic acids is 1. The van der Waals surface area contributed by atoms with Gasteiger partial charge in [-0.05, 0) is 31.0 Å². The first-order valence-electron chi connectivity index (χ1n) is 5.31. The molecule has 5 heteroatoms. The molecular formula is C12H11BrN2O2. The lowest BCUT2D eigenvalue weighted by molar-refractivity contribution is -0.144. The van der Waals surface area contributed by atoms with E-state index in [9.17, 15) is 4.79 Å². The van der Waals surface area contributed by atoms with E-state index in [0.29, 0.717) is 17.7 Å². The summed E-state index contributed by atoms with van der Waals surface area (Å²) < 4.78 is 0.836. The number of benzene rings is 1. The van der Waals surface area contributed by atoms with E-state index in [1.165, 1.54) is 0 Å². The third kappa shape index (κ3) is 2.42. The van der Waals surface area contributed by atoms with Gasteiger partial charge in [0, 0.05) is 10.5 Å². The predicted molar refractivity (Wildman–Crippen MR) is 66.6 cm³/mol. The summed E-state index contributed by atoms with van der Waals surface area (Å²) >= 11 is 3.30. The number of hydrogen-bond donors (Lipinski definition) is 2. The van der Waals surface area contributed by atoms with Gasteiger partial charge in [0.15, 0.2) is 0 Å². The van der Waals surface area contributed by atoms with Crippen LogP contribution in [0.4, 0.5) is 5.69 Å². The molecule has 1 aliphatic rings. The van der Waals surface area contributed by atoms with Crippen LogP contribution in [0, 0.1) is 17.2 Å². The van der Waals surface area contributed by atoms with E-state index in [-0.39, 0.29) is 12.0 Å². The maximum absolute atomic E-state index is 10.9. The molecule has 0 aromatic heterocycles. The van der Waals surface area contributed by atoms with Crippen molar-refractivity contribution in [2.24, 2.45) is 5.92 Å². The normalized spacial score (nSPS) is 22.4. The van der Waals surface area contributed by atoms with Gasteiger partial charge in [-0.3, -0.25) is 4.79 Å². The van der Waals surface area contributed by atoms with E-state index in [0.717, 1.165) is 10.9 Å². The number of nitrogens with one attached hydrogen (secondary N) is 1. The molecule has 2 rings (SSSR count). The van der Waals surface area contributed by atoms with E-state index in [1.807, 2.05) is 6.07 Å². The molecule has 1 aromatic rings. The lowest BCUT2D eigenvalue weighted by Gasteiger charge is -2.34. The number of carbonyl (C=O) groups is 1. The minimum atomic E-state index is -0.774. The number of hydrogen-bond acceptors (Lipinski definition) is 3. The number of aliphatic carboxylic acids is 1. The van der Waals surface area contributed by atoms with Gasteiger partial charge in [-0.1, -0.05) is 15.9 Å². The van der Waals surface area contributed by atoms with Crippen molar-refractivity contribution in [3.63, 3.8) is 0 Å². The van der Waals surface area contributed by atoms with Gasteiger partial charge in [-0.15, -0.1) is 0 Å². The summed E-state index contributed by atoms with van der Waals surface area (Å²) in [6, 6.07) is 7.37. The lowest BCUT2D eigenvalue weighted by Crippen LogP contribution is -2.43. The number of carboxylic acid groups (broad SMARTS) is 1. The zero-order valence-corrected chi connectivity index (χ0v) is 10.6. The highest BCUT2D eigenvalue weighted by atomic mass is 79.9. The van der Waals surface area contributed by atoms with Gasteiger partial charge in [-0.2, -0.15) is 5.26 Å². The van der Waals surface area contributed by atoms with Crippen LogP contribution in [0.2, 0.25) is 0 Å². The second-order valence-corrected chi connectivity index (χ2v) is 4.99. The van der Waals surface area contributed by atoms with Crippen molar-refractivity contribution in [2.45, 2.75) is 18.9 Å². The van der Waals surface area contributed by atoms with Crippen LogP contribution in [-0.4, -0.2) is 17.1 Å². The highest BCUT2D eigenvalue weighted by molar-refractivity contribution is 9.10. The fourth-order valence-electron chi connectivity index (χ4n) is 1.90. The molecule has 0 spiro atoms. The maximum atomic E-state index is 10.9. The molecule has 0 amide bonds. The van der Waals surface area contributed by atoms with Crippen molar-refractivity contribution >= 4 is 27.6 Å². The van der Waals surface area contributed by atoms with E-state index in [4.69, 9.17) is 10.4 Å². The van der Waals surface area contributed by atoms with E-state index in [2.05, 4.69) is 27.3 Å². The van der Waals surface area contributed by atoms with E-state index >= 15 is 0 Å². The first-order valence-corrected chi connectivity index (χ1v) is 6.10. The fourth-order valence-corrected chi connectivity index (χ4v) is 2.26. The summed E-state index contributed by atoms with van der Waals surface area (Å²) in [4.78, 5) is 10.9. The molecule has 1 saturated carbocycles. The second-order valence-electron chi connectivity index (χ2n) is 4.07. The Morgan fingerprint density at radius 1 is 1.53 bits per heavy atom. The number of rotatable bonds is 3. The van der Waals surface area contributed by atoms with Crippen molar-refractivity contribution in [2.75, 3.05) is 5.32 Å². The standard InChI is InChI=1S/C12H11BrN2O2/c13-8-1-3-10(7(5-8)6-14)15-11-4-2-9(11)12(16)17/h1,3,5,9,11,15H,2,4H2,(H,16,17). The van der Waals surface area contributed by atoms with Gasteiger partial charge in [0.2, 0.25) is 0 Å². The molecular weight excluding hydrogens is 284 g/mol. The lowest BCUT2D eigenvalue weighted by atomic mass is 9.79. The zero-order valence-electron chi connectivity index (χ0n) is 8.98. The minimum absolute atomic E-state index is 0.0687. The van der Waals surface area contributed by atoms with Crippen molar-refractivity contribution < 1.29 is 9.90 Å². The molecule has 2 N–H and O–H groups in total. The third-order valence-corrected chi connectivity index (χ3v) is 3.53. The second kappa shape index (κ2) is 4.76. The van der Waals surface area contributed by atoms with Gasteiger partial charge in [-0.25, -0.2) is 0 Å². The van der Waals surface area contributed by atoms with Crippen molar-refractivity contribution in [1.82, 2.24) is 0 Å². The Labute approximate surface area is 107 Å². The summed E-state index contributed by atoms with van der Waals surface area (Å²) in [5.74, 6) is -1.12. The van der Waals surface area contributed by atoms with Crippen LogP contribution >= 0.6 is 15.9 Å². The monoisotopic (exact) mass is 294 g/mol. The summed E-state index contributed by atoms with van der Waals surface area (Å²) in [6.07, 6.45) is 1.53. The molecule has 0 heterocycles. The van der Waals surface area contributed by atoms with Gasteiger partial charge in [0.05, 0.1) is 17.2 Å². The molecule has 1 aromatic carbocycles. The molecule has 4 nitrogen and oxygen atoms in total. The molecule has 1 aliphatic carbocycles. The Bertz CT molecular complexity index is 496. The molecule has 0 radical (unpaired) electrons. The summed E-state index contributed by atoms with van der Waals surface area (Å²) in [7, 11) is 0. The summed E-state index contributed by atoms with van der Waals surface area (Å²) in [5, 5.41) is 21.1. The first kappa shape index (κ1) is 11.9. The highest BCUT2D eigenvalue weighted by Gasteiger charge is 2.36. The van der Waals surface area contributed by atoms with Gasteiger partial charge < -0.3 is 10.4 Å². The van der Waals surface area contributed by atoms with E-state index in [1.54, 1.807) is 12.1 Å². The van der Waals surface area contributed by atoms with Gasteiger partial charge in [0.25, 0.3) is 0 Å². The summed E-state index contributed by atoms with van der Waals surface area (Å²) in [6.45, 7) is 0. The van der Waals surface area contributed by atoms with Crippen LogP contribution in [0.1, 0.15) is 18.4 Å². The zero-order chi connectivity index (χ0) is 12.4. The maximum Gasteiger partial charge on any atom is 0.308 e. The average Bonchev–Trinajstić information content (AvgIpc) is 2.24. The number of nitrogens with zero attached hydrogens (tertiary/aromatic N) is 1. The highest BCUT2D eigenvalue weighted by Crippen LogP contribution is 2.32. The Balaban J connectivity index is 2.14. The Kier molecular flexibility index (Phi) is 3.34. The van der Waals surface area contributed by atoms with Crippen LogP contribution in [0.5, 0.6) is 0 Å². The SMILES string of the molecule is N#Cc1cc(Br)ccc1NC1CCC1C(=O)O. The van der Waals surface area contributed by atoms with Crippen molar-refractivity contribution in [3.8, 4) is 6.07 Å². The Hall–Kier alpha value is -1.54. The van der Waals surface area contributed by atoms with Crippen LogP contribution in [-0.2, 0) is 4.79 Å². The summed E-state index contributed by atoms with van der Waals surface area (Å²) in [5.41, 5.74) is 1.22. The van der Waals surface area contributed by atoms with Crippen LogP contribution in [0.15, 0.2) is 22.7 Å².